The second-order valence-corrected chi connectivity index (χ2v) is 7.24. The Morgan fingerprint density at radius 1 is 1.28 bits per heavy atom. The third-order valence-electron chi connectivity index (χ3n) is 4.89. The molecule has 2 aliphatic rings. The van der Waals surface area contributed by atoms with Gasteiger partial charge in [0.25, 0.3) is 0 Å². The molecule has 0 radical (unpaired) electrons. The van der Waals surface area contributed by atoms with Crippen LogP contribution in [0.2, 0.25) is 0 Å². The number of carbonyl (C=O) groups is 1. The average Bonchev–Trinajstić information content (AvgIpc) is 2.72. The van der Waals surface area contributed by atoms with Gasteiger partial charge in [0.15, 0.2) is 0 Å². The lowest BCUT2D eigenvalue weighted by Crippen LogP contribution is -2.51. The molecule has 18 heavy (non-hydrogen) atoms. The molecule has 3 N–H and O–H groups in total. The van der Waals surface area contributed by atoms with Gasteiger partial charge in [-0.2, -0.15) is 11.8 Å². The van der Waals surface area contributed by atoms with Gasteiger partial charge < -0.3 is 11.1 Å². The first-order valence-electron chi connectivity index (χ1n) is 7.15. The Hall–Kier alpha value is -0.220. The smallest absolute Gasteiger partial charge is 0.227 e. The third kappa shape index (κ3) is 2.85. The highest BCUT2D eigenvalue weighted by molar-refractivity contribution is 7.99. The fourth-order valence-corrected chi connectivity index (χ4v) is 4.01. The van der Waals surface area contributed by atoms with Crippen LogP contribution in [0.25, 0.3) is 0 Å². The van der Waals surface area contributed by atoms with Gasteiger partial charge in [-0.25, -0.2) is 0 Å². The Kier molecular flexibility index (Phi) is 4.59. The van der Waals surface area contributed by atoms with E-state index in [1.54, 1.807) is 0 Å². The molecule has 104 valence electrons. The maximum atomic E-state index is 12.4. The zero-order valence-electron chi connectivity index (χ0n) is 11.6. The number of hydrogen-bond acceptors (Lipinski definition) is 3. The molecule has 2 atom stereocenters. The summed E-state index contributed by atoms with van der Waals surface area (Å²) in [6.45, 7) is 2.04. The lowest BCUT2D eigenvalue weighted by Gasteiger charge is -2.33. The van der Waals surface area contributed by atoms with Crippen LogP contribution in [0.1, 0.15) is 51.9 Å². The van der Waals surface area contributed by atoms with Crippen LogP contribution in [0, 0.1) is 5.41 Å². The van der Waals surface area contributed by atoms with E-state index in [0.29, 0.717) is 6.04 Å². The average molecular weight is 270 g/mol. The number of nitrogens with two attached hydrogens (primary N) is 1. The van der Waals surface area contributed by atoms with Crippen molar-refractivity contribution in [3.63, 3.8) is 0 Å². The van der Waals surface area contributed by atoms with E-state index in [2.05, 4.69) is 11.6 Å². The SMILES string of the molecule is CSC1CCC(NC(=O)C2(C)CCCC2N)CC1. The second-order valence-electron chi connectivity index (χ2n) is 6.10. The summed E-state index contributed by atoms with van der Waals surface area (Å²) in [5, 5.41) is 4.04. The number of carbonyl (C=O) groups excluding carboxylic acids is 1. The lowest BCUT2D eigenvalue weighted by molar-refractivity contribution is -0.131. The summed E-state index contributed by atoms with van der Waals surface area (Å²) >= 11 is 1.96. The molecule has 2 unspecified atom stereocenters. The number of hydrogen-bond donors (Lipinski definition) is 2. The zero-order chi connectivity index (χ0) is 13.2. The number of thioether (sulfide) groups is 1. The van der Waals surface area contributed by atoms with Crippen molar-refractivity contribution in [2.75, 3.05) is 6.26 Å². The Morgan fingerprint density at radius 3 is 2.44 bits per heavy atom. The van der Waals surface area contributed by atoms with Gasteiger partial charge in [-0.15, -0.1) is 0 Å². The summed E-state index contributed by atoms with van der Waals surface area (Å²) in [5.74, 6) is 0.195. The molecule has 1 amide bonds. The van der Waals surface area contributed by atoms with Crippen molar-refractivity contribution < 1.29 is 4.79 Å². The zero-order valence-corrected chi connectivity index (χ0v) is 12.4. The molecule has 0 aromatic rings. The first-order valence-corrected chi connectivity index (χ1v) is 8.44. The summed E-state index contributed by atoms with van der Waals surface area (Å²) in [6.07, 6.45) is 9.92. The van der Waals surface area contributed by atoms with Crippen molar-refractivity contribution in [1.82, 2.24) is 5.32 Å². The maximum Gasteiger partial charge on any atom is 0.227 e. The number of amides is 1. The molecule has 0 saturated heterocycles. The predicted octanol–water partition coefficient (Wildman–Crippen LogP) is 2.29. The van der Waals surface area contributed by atoms with E-state index in [0.717, 1.165) is 37.4 Å². The largest absolute Gasteiger partial charge is 0.353 e. The second kappa shape index (κ2) is 5.83. The van der Waals surface area contributed by atoms with Crippen LogP contribution < -0.4 is 11.1 Å². The predicted molar refractivity (Wildman–Crippen MR) is 77.6 cm³/mol. The van der Waals surface area contributed by atoms with Crippen molar-refractivity contribution in [2.24, 2.45) is 11.1 Å². The van der Waals surface area contributed by atoms with Gasteiger partial charge in [0.1, 0.15) is 0 Å². The lowest BCUT2D eigenvalue weighted by atomic mass is 9.83. The van der Waals surface area contributed by atoms with Crippen molar-refractivity contribution in [1.29, 1.82) is 0 Å². The van der Waals surface area contributed by atoms with Crippen LogP contribution in [0.5, 0.6) is 0 Å². The minimum atomic E-state index is -0.323. The highest BCUT2D eigenvalue weighted by Crippen LogP contribution is 2.37. The molecule has 4 heteroatoms. The first-order chi connectivity index (χ1) is 8.56. The fraction of sp³-hybridized carbons (Fsp3) is 0.929. The van der Waals surface area contributed by atoms with E-state index in [9.17, 15) is 4.79 Å². The topological polar surface area (TPSA) is 55.1 Å². The van der Waals surface area contributed by atoms with Crippen LogP contribution in [-0.4, -0.2) is 29.5 Å². The third-order valence-corrected chi connectivity index (χ3v) is 6.03. The highest BCUT2D eigenvalue weighted by atomic mass is 32.2. The van der Waals surface area contributed by atoms with Crippen LogP contribution in [0.15, 0.2) is 0 Å². The molecule has 0 spiro atoms. The van der Waals surface area contributed by atoms with Gasteiger partial charge in [-0.05, 0) is 51.7 Å². The van der Waals surface area contributed by atoms with Crippen LogP contribution in [0.4, 0.5) is 0 Å². The quantitative estimate of drug-likeness (QED) is 0.827. The van der Waals surface area contributed by atoms with E-state index >= 15 is 0 Å². The van der Waals surface area contributed by atoms with Crippen LogP contribution >= 0.6 is 11.8 Å². The van der Waals surface area contributed by atoms with Gasteiger partial charge in [-0.1, -0.05) is 6.42 Å². The van der Waals surface area contributed by atoms with Crippen LogP contribution in [-0.2, 0) is 4.79 Å². The molecular weight excluding hydrogens is 244 g/mol. The van der Waals surface area contributed by atoms with Gasteiger partial charge in [0.05, 0.1) is 5.41 Å². The molecule has 0 aliphatic heterocycles. The van der Waals surface area contributed by atoms with E-state index in [-0.39, 0.29) is 17.4 Å². The molecule has 2 saturated carbocycles. The Bertz CT molecular complexity index is 302. The Morgan fingerprint density at radius 2 is 1.94 bits per heavy atom. The Balaban J connectivity index is 1.85. The summed E-state index contributed by atoms with van der Waals surface area (Å²) in [6, 6.07) is 0.422. The standard InChI is InChI=1S/C14H26N2OS/c1-14(9-3-4-12(14)15)13(17)16-10-5-7-11(18-2)8-6-10/h10-12H,3-9,15H2,1-2H3,(H,16,17). The normalized spacial score (nSPS) is 40.7. The van der Waals surface area contributed by atoms with E-state index in [1.807, 2.05) is 18.7 Å². The number of rotatable bonds is 3. The minimum Gasteiger partial charge on any atom is -0.353 e. The molecule has 2 fully saturated rings. The van der Waals surface area contributed by atoms with Gasteiger partial charge >= 0.3 is 0 Å². The van der Waals surface area contributed by atoms with Crippen molar-refractivity contribution in [3.05, 3.63) is 0 Å². The van der Waals surface area contributed by atoms with E-state index < -0.39 is 0 Å². The van der Waals surface area contributed by atoms with Crippen molar-refractivity contribution >= 4 is 17.7 Å². The van der Waals surface area contributed by atoms with Gasteiger partial charge in [0, 0.05) is 17.3 Å². The molecule has 0 heterocycles. The van der Waals surface area contributed by atoms with Gasteiger partial charge in [-0.3, -0.25) is 4.79 Å². The molecular formula is C14H26N2OS. The monoisotopic (exact) mass is 270 g/mol. The summed E-state index contributed by atoms with van der Waals surface area (Å²) in [4.78, 5) is 12.4. The summed E-state index contributed by atoms with van der Waals surface area (Å²) < 4.78 is 0. The molecule has 0 aromatic carbocycles. The van der Waals surface area contributed by atoms with Crippen molar-refractivity contribution in [2.45, 2.75) is 69.2 Å². The van der Waals surface area contributed by atoms with Gasteiger partial charge in [0.2, 0.25) is 5.91 Å². The highest BCUT2D eigenvalue weighted by Gasteiger charge is 2.43. The first kappa shape index (κ1) is 14.2. The molecule has 0 aromatic heterocycles. The van der Waals surface area contributed by atoms with Crippen molar-refractivity contribution in [3.8, 4) is 0 Å². The maximum absolute atomic E-state index is 12.4. The van der Waals surface area contributed by atoms with Crippen LogP contribution in [0.3, 0.4) is 0 Å². The molecule has 2 aliphatic carbocycles. The van der Waals surface area contributed by atoms with E-state index in [4.69, 9.17) is 5.73 Å². The summed E-state index contributed by atoms with van der Waals surface area (Å²) in [7, 11) is 0. The fourth-order valence-electron chi connectivity index (χ4n) is 3.27. The minimum absolute atomic E-state index is 0.0417. The molecule has 3 nitrogen and oxygen atoms in total. The summed E-state index contributed by atoms with van der Waals surface area (Å²) in [5.41, 5.74) is 5.78. The number of nitrogens with one attached hydrogen (secondary N) is 1. The van der Waals surface area contributed by atoms with E-state index in [1.165, 1.54) is 12.8 Å². The molecule has 0 bridgehead atoms. The molecule has 2 rings (SSSR count). The Labute approximate surface area is 115 Å².